The Kier molecular flexibility index (Phi) is 14.0. The van der Waals surface area contributed by atoms with Crippen LogP contribution in [0.25, 0.3) is 0 Å². The van der Waals surface area contributed by atoms with Crippen molar-refractivity contribution in [2.75, 3.05) is 12.1 Å². The van der Waals surface area contributed by atoms with Gasteiger partial charge in [-0.05, 0) is 79.6 Å². The van der Waals surface area contributed by atoms with E-state index in [1.54, 1.807) is 0 Å². The average Bonchev–Trinajstić information content (AvgIpc) is 2.51. The lowest BCUT2D eigenvalue weighted by Crippen LogP contribution is -1.95. The Morgan fingerprint density at radius 3 is 1.41 bits per heavy atom. The molecule has 1 atom stereocenters. The summed E-state index contributed by atoms with van der Waals surface area (Å²) in [6.07, 6.45) is 15.1. The molecule has 29 heavy (non-hydrogen) atoms. The van der Waals surface area contributed by atoms with Crippen LogP contribution in [0.4, 0.5) is 0 Å². The summed E-state index contributed by atoms with van der Waals surface area (Å²) in [5, 5.41) is 0. The van der Waals surface area contributed by atoms with Crippen molar-refractivity contribution in [3.63, 3.8) is 0 Å². The maximum Gasteiger partial charge on any atom is 0.335 e. The molecule has 0 aromatic carbocycles. The molecule has 0 aromatic rings. The number of allylic oxidation sites excluding steroid dienone is 8. The highest BCUT2D eigenvalue weighted by atomic mass is 31.2. The van der Waals surface area contributed by atoms with Gasteiger partial charge in [0.1, 0.15) is 5.90 Å². The standard InChI is InChI=1S/C22H40O5P2/c1-19(2)10-6-11-20(3)12-7-13-21(4)14-8-15-22(5)16-9-17-28(23,24)18-29(25,26)27/h10,12,14,16H,6-9,11,13,15,17-18H2,1-5H3,(H,23,24)(H2,25,26,27)/b20-12+,21-14+,22-16+. The van der Waals surface area contributed by atoms with E-state index in [0.29, 0.717) is 6.42 Å². The second-order valence-corrected chi connectivity index (χ2v) is 12.8. The molecule has 0 heterocycles. The first-order valence-corrected chi connectivity index (χ1v) is 14.1. The molecule has 168 valence electrons. The van der Waals surface area contributed by atoms with E-state index in [9.17, 15) is 14.0 Å². The maximum absolute atomic E-state index is 11.8. The molecule has 3 N–H and O–H groups in total. The van der Waals surface area contributed by atoms with Crippen LogP contribution in [0.2, 0.25) is 0 Å². The lowest BCUT2D eigenvalue weighted by molar-refractivity contribution is 0.376. The first kappa shape index (κ1) is 28.3. The van der Waals surface area contributed by atoms with E-state index >= 15 is 0 Å². The van der Waals surface area contributed by atoms with Crippen LogP contribution in [0.15, 0.2) is 46.6 Å². The molecular weight excluding hydrogens is 406 g/mol. The number of hydrogen-bond acceptors (Lipinski definition) is 2. The SMILES string of the molecule is CC(C)=CCC/C(C)=C/CC/C(C)=C/CC/C(C)=C/CCP(=O)(O)CP(=O)(O)O. The van der Waals surface area contributed by atoms with Crippen molar-refractivity contribution in [1.82, 2.24) is 0 Å². The van der Waals surface area contributed by atoms with Gasteiger partial charge in [-0.3, -0.25) is 9.13 Å². The fourth-order valence-electron chi connectivity index (χ4n) is 2.86. The van der Waals surface area contributed by atoms with Gasteiger partial charge in [0.15, 0.2) is 0 Å². The highest BCUT2D eigenvalue weighted by Crippen LogP contribution is 2.54. The summed E-state index contributed by atoms with van der Waals surface area (Å²) in [6, 6.07) is 0. The molecule has 0 aliphatic heterocycles. The van der Waals surface area contributed by atoms with Crippen molar-refractivity contribution in [2.45, 2.75) is 79.6 Å². The minimum Gasteiger partial charge on any atom is -0.344 e. The molecule has 1 unspecified atom stereocenters. The summed E-state index contributed by atoms with van der Waals surface area (Å²) in [4.78, 5) is 27.3. The Hall–Kier alpha value is -0.700. The van der Waals surface area contributed by atoms with E-state index in [1.165, 1.54) is 16.7 Å². The van der Waals surface area contributed by atoms with Crippen molar-refractivity contribution in [3.8, 4) is 0 Å². The van der Waals surface area contributed by atoms with E-state index < -0.39 is 20.9 Å². The molecular formula is C22H40O5P2. The molecule has 0 spiro atoms. The van der Waals surface area contributed by atoms with Crippen molar-refractivity contribution in [1.29, 1.82) is 0 Å². The minimum atomic E-state index is -4.45. The second-order valence-electron chi connectivity index (χ2n) is 8.21. The van der Waals surface area contributed by atoms with Gasteiger partial charge in [0, 0.05) is 6.16 Å². The fraction of sp³-hybridized carbons (Fsp3) is 0.636. The molecule has 0 rings (SSSR count). The molecule has 5 nitrogen and oxygen atoms in total. The van der Waals surface area contributed by atoms with Crippen molar-refractivity contribution >= 4 is 15.0 Å². The molecule has 0 aromatic heterocycles. The lowest BCUT2D eigenvalue weighted by Gasteiger charge is -2.11. The fourth-order valence-corrected chi connectivity index (χ4v) is 6.26. The maximum atomic E-state index is 11.8. The van der Waals surface area contributed by atoms with Gasteiger partial charge >= 0.3 is 7.60 Å². The summed E-state index contributed by atoms with van der Waals surface area (Å²) in [7, 11) is -8.23. The second kappa shape index (κ2) is 14.3. The highest BCUT2D eigenvalue weighted by molar-refractivity contribution is 7.72. The van der Waals surface area contributed by atoms with E-state index in [2.05, 4.69) is 45.9 Å². The van der Waals surface area contributed by atoms with Gasteiger partial charge in [-0.1, -0.05) is 46.6 Å². The molecule has 0 fully saturated rings. The lowest BCUT2D eigenvalue weighted by atomic mass is 10.0. The molecule has 0 saturated carbocycles. The quantitative estimate of drug-likeness (QED) is 0.199. The van der Waals surface area contributed by atoms with Crippen molar-refractivity contribution in [3.05, 3.63) is 46.6 Å². The smallest absolute Gasteiger partial charge is 0.335 e. The van der Waals surface area contributed by atoms with E-state index in [4.69, 9.17) is 9.79 Å². The molecule has 0 aliphatic rings. The number of hydrogen-bond donors (Lipinski definition) is 3. The molecule has 0 aliphatic carbocycles. The Balaban J connectivity index is 4.20. The van der Waals surface area contributed by atoms with Gasteiger partial charge in [-0.25, -0.2) is 0 Å². The van der Waals surface area contributed by atoms with E-state index in [-0.39, 0.29) is 6.16 Å². The summed E-state index contributed by atoms with van der Waals surface area (Å²) in [6.45, 7) is 10.6. The van der Waals surface area contributed by atoms with Gasteiger partial charge in [0.05, 0.1) is 0 Å². The van der Waals surface area contributed by atoms with Crippen LogP contribution in [-0.4, -0.2) is 26.7 Å². The highest BCUT2D eigenvalue weighted by Gasteiger charge is 2.28. The van der Waals surface area contributed by atoms with Crippen LogP contribution in [0.5, 0.6) is 0 Å². The Labute approximate surface area is 177 Å². The Bertz CT molecular complexity index is 707. The largest absolute Gasteiger partial charge is 0.344 e. The predicted octanol–water partition coefficient (Wildman–Crippen LogP) is 6.93. The van der Waals surface area contributed by atoms with E-state index in [0.717, 1.165) is 44.1 Å². The van der Waals surface area contributed by atoms with Crippen LogP contribution >= 0.6 is 15.0 Å². The topological polar surface area (TPSA) is 94.8 Å². The normalized spacial score (nSPS) is 15.9. The van der Waals surface area contributed by atoms with Crippen LogP contribution in [0.3, 0.4) is 0 Å². The first-order chi connectivity index (χ1) is 13.3. The zero-order valence-electron chi connectivity index (χ0n) is 18.7. The van der Waals surface area contributed by atoms with Crippen molar-refractivity contribution < 1.29 is 23.8 Å². The van der Waals surface area contributed by atoms with Gasteiger partial charge in [-0.15, -0.1) is 0 Å². The molecule has 0 bridgehead atoms. The predicted molar refractivity (Wildman–Crippen MR) is 125 cm³/mol. The monoisotopic (exact) mass is 446 g/mol. The third-order valence-electron chi connectivity index (χ3n) is 4.53. The Morgan fingerprint density at radius 1 is 0.655 bits per heavy atom. The average molecular weight is 447 g/mol. The minimum absolute atomic E-state index is 0.0936. The third-order valence-corrected chi connectivity index (χ3v) is 8.73. The third kappa shape index (κ3) is 19.0. The first-order valence-electron chi connectivity index (χ1n) is 10.3. The zero-order valence-corrected chi connectivity index (χ0v) is 20.5. The van der Waals surface area contributed by atoms with Gasteiger partial charge in [0.25, 0.3) is 0 Å². The summed E-state index contributed by atoms with van der Waals surface area (Å²) in [5.41, 5.74) is 5.30. The molecule has 0 radical (unpaired) electrons. The molecule has 0 saturated heterocycles. The van der Waals surface area contributed by atoms with Crippen LogP contribution in [-0.2, 0) is 9.13 Å². The van der Waals surface area contributed by atoms with Gasteiger partial charge in [0.2, 0.25) is 7.37 Å². The summed E-state index contributed by atoms with van der Waals surface area (Å²) >= 11 is 0. The zero-order chi connectivity index (χ0) is 22.5. The molecule has 0 amide bonds. The summed E-state index contributed by atoms with van der Waals surface area (Å²) in [5.74, 6) is -0.933. The van der Waals surface area contributed by atoms with Crippen molar-refractivity contribution in [2.24, 2.45) is 0 Å². The number of rotatable bonds is 14. The van der Waals surface area contributed by atoms with E-state index in [1.807, 2.05) is 13.0 Å². The Morgan fingerprint density at radius 2 is 1.03 bits per heavy atom. The van der Waals surface area contributed by atoms with Crippen LogP contribution < -0.4 is 0 Å². The summed E-state index contributed by atoms with van der Waals surface area (Å²) < 4.78 is 22.6. The van der Waals surface area contributed by atoms with Gasteiger partial charge in [-0.2, -0.15) is 0 Å². The van der Waals surface area contributed by atoms with Crippen LogP contribution in [0.1, 0.15) is 79.6 Å². The van der Waals surface area contributed by atoms with Crippen LogP contribution in [0, 0.1) is 0 Å². The van der Waals surface area contributed by atoms with Gasteiger partial charge < -0.3 is 14.7 Å². The molecule has 7 heteroatoms.